The van der Waals surface area contributed by atoms with Gasteiger partial charge in [0, 0.05) is 6.42 Å². The van der Waals surface area contributed by atoms with Crippen molar-refractivity contribution in [3.63, 3.8) is 0 Å². The van der Waals surface area contributed by atoms with Gasteiger partial charge in [-0.15, -0.1) is 0 Å². The Morgan fingerprint density at radius 2 is 2.00 bits per heavy atom. The maximum atomic E-state index is 11.2. The topological polar surface area (TPSA) is 43.4 Å². The molecular formula is C13H16O3. The van der Waals surface area contributed by atoms with Gasteiger partial charge in [0.15, 0.2) is 0 Å². The summed E-state index contributed by atoms with van der Waals surface area (Å²) in [4.78, 5) is 21.5. The molecule has 0 radical (unpaired) electrons. The molecule has 3 heteroatoms. The summed E-state index contributed by atoms with van der Waals surface area (Å²) in [5, 5.41) is 0. The number of carbonyl (C=O) groups is 2. The van der Waals surface area contributed by atoms with E-state index in [1.54, 1.807) is 12.1 Å². The predicted octanol–water partition coefficient (Wildman–Crippen LogP) is 2.56. The molecule has 0 aliphatic heterocycles. The van der Waals surface area contributed by atoms with Crippen LogP contribution in [0.5, 0.6) is 0 Å². The van der Waals surface area contributed by atoms with Crippen LogP contribution in [0, 0.1) is 0 Å². The minimum Gasteiger partial charge on any atom is -0.465 e. The first kappa shape index (κ1) is 12.4. The molecule has 1 rings (SSSR count). The van der Waals surface area contributed by atoms with E-state index in [1.165, 1.54) is 7.11 Å². The second kappa shape index (κ2) is 6.05. The van der Waals surface area contributed by atoms with Crippen molar-refractivity contribution in [2.45, 2.75) is 25.7 Å². The molecule has 0 N–H and O–H groups in total. The highest BCUT2D eigenvalue weighted by atomic mass is 16.5. The minimum atomic E-state index is -0.327. The van der Waals surface area contributed by atoms with Crippen molar-refractivity contribution < 1.29 is 14.3 Å². The molecule has 0 fully saturated rings. The Kier molecular flexibility index (Phi) is 4.70. The van der Waals surface area contributed by atoms with Crippen molar-refractivity contribution in [3.05, 3.63) is 35.4 Å². The van der Waals surface area contributed by atoms with Crippen LogP contribution in [0.4, 0.5) is 0 Å². The van der Waals surface area contributed by atoms with Crippen LogP contribution in [-0.2, 0) is 9.53 Å². The minimum absolute atomic E-state index is 0.327. The summed E-state index contributed by atoms with van der Waals surface area (Å²) in [7, 11) is 1.36. The van der Waals surface area contributed by atoms with Crippen molar-refractivity contribution in [2.75, 3.05) is 7.11 Å². The Hall–Kier alpha value is -1.64. The van der Waals surface area contributed by atoms with Crippen molar-refractivity contribution in [1.82, 2.24) is 0 Å². The highest BCUT2D eigenvalue weighted by molar-refractivity contribution is 5.89. The third-order valence-electron chi connectivity index (χ3n) is 2.62. The maximum Gasteiger partial charge on any atom is 0.337 e. The molecule has 0 bridgehead atoms. The lowest BCUT2D eigenvalue weighted by molar-refractivity contribution is -0.108. The van der Waals surface area contributed by atoms with Crippen LogP contribution in [0.25, 0.3) is 0 Å². The molecule has 0 unspecified atom stereocenters. The van der Waals surface area contributed by atoms with E-state index in [1.807, 2.05) is 12.1 Å². The molecule has 1 aromatic carbocycles. The highest BCUT2D eigenvalue weighted by Gasteiger charge is 2.08. The summed E-state index contributed by atoms with van der Waals surface area (Å²) >= 11 is 0. The first-order valence-corrected chi connectivity index (χ1v) is 5.31. The molecule has 0 saturated carbocycles. The average Bonchev–Trinajstić information content (AvgIpc) is 2.35. The van der Waals surface area contributed by atoms with Gasteiger partial charge in [0.2, 0.25) is 0 Å². The Bertz CT molecular complexity index is 354. The van der Waals surface area contributed by atoms with Gasteiger partial charge in [0.1, 0.15) is 6.29 Å². The molecular weight excluding hydrogens is 204 g/mol. The summed E-state index contributed by atoms with van der Waals surface area (Å²) < 4.78 is 4.62. The fraction of sp³-hybridized carbons (Fsp3) is 0.385. The van der Waals surface area contributed by atoms with Gasteiger partial charge in [-0.3, -0.25) is 0 Å². The normalized spacial score (nSPS) is 11.9. The predicted molar refractivity (Wildman–Crippen MR) is 61.5 cm³/mol. The number of aldehydes is 1. The third-order valence-corrected chi connectivity index (χ3v) is 2.62. The number of rotatable bonds is 5. The molecule has 0 aliphatic carbocycles. The third kappa shape index (κ3) is 3.19. The van der Waals surface area contributed by atoms with Crippen LogP contribution in [0.1, 0.15) is 41.6 Å². The molecule has 3 nitrogen and oxygen atoms in total. The molecule has 16 heavy (non-hydrogen) atoms. The lowest BCUT2D eigenvalue weighted by Crippen LogP contribution is -2.01. The van der Waals surface area contributed by atoms with Gasteiger partial charge in [-0.25, -0.2) is 4.79 Å². The number of ether oxygens (including phenoxy) is 1. The summed E-state index contributed by atoms with van der Waals surface area (Å²) in [5.41, 5.74) is 1.68. The second-order valence-corrected chi connectivity index (χ2v) is 3.76. The zero-order chi connectivity index (χ0) is 12.0. The molecule has 1 atom stereocenters. The number of methoxy groups -OCH3 is 1. The SMILES string of the molecule is COC(=O)c1ccc([C@H](C)CCC=O)cc1. The molecule has 86 valence electrons. The average molecular weight is 220 g/mol. The van der Waals surface area contributed by atoms with Gasteiger partial charge >= 0.3 is 5.97 Å². The van der Waals surface area contributed by atoms with Crippen molar-refractivity contribution >= 4 is 12.3 Å². The smallest absolute Gasteiger partial charge is 0.337 e. The van der Waals surface area contributed by atoms with Crippen LogP contribution >= 0.6 is 0 Å². The van der Waals surface area contributed by atoms with E-state index in [9.17, 15) is 9.59 Å². The van der Waals surface area contributed by atoms with Crippen LogP contribution < -0.4 is 0 Å². The summed E-state index contributed by atoms with van der Waals surface area (Å²) in [6, 6.07) is 7.31. The van der Waals surface area contributed by atoms with Crippen LogP contribution in [0.3, 0.4) is 0 Å². The van der Waals surface area contributed by atoms with E-state index in [2.05, 4.69) is 11.7 Å². The van der Waals surface area contributed by atoms with Crippen LogP contribution in [-0.4, -0.2) is 19.4 Å². The van der Waals surface area contributed by atoms with Crippen molar-refractivity contribution in [1.29, 1.82) is 0 Å². The molecule has 0 spiro atoms. The van der Waals surface area contributed by atoms with Gasteiger partial charge in [-0.05, 0) is 30.0 Å². The molecule has 0 saturated heterocycles. The molecule has 1 aromatic rings. The van der Waals surface area contributed by atoms with Crippen molar-refractivity contribution in [2.24, 2.45) is 0 Å². The van der Waals surface area contributed by atoms with E-state index in [0.717, 1.165) is 18.3 Å². The Morgan fingerprint density at radius 3 is 2.50 bits per heavy atom. The van der Waals surface area contributed by atoms with Gasteiger partial charge in [0.25, 0.3) is 0 Å². The summed E-state index contributed by atoms with van der Waals surface area (Å²) in [5.74, 6) is 0.00370. The number of hydrogen-bond acceptors (Lipinski definition) is 3. The van der Waals surface area contributed by atoms with Gasteiger partial charge in [-0.2, -0.15) is 0 Å². The molecule has 0 heterocycles. The van der Waals surface area contributed by atoms with E-state index < -0.39 is 0 Å². The van der Waals surface area contributed by atoms with Gasteiger partial charge in [0.05, 0.1) is 12.7 Å². The number of carbonyl (C=O) groups excluding carboxylic acids is 2. The van der Waals surface area contributed by atoms with Crippen LogP contribution in [0.2, 0.25) is 0 Å². The lowest BCUT2D eigenvalue weighted by atomic mass is 9.96. The first-order valence-electron chi connectivity index (χ1n) is 5.31. The Morgan fingerprint density at radius 1 is 1.38 bits per heavy atom. The monoisotopic (exact) mass is 220 g/mol. The number of esters is 1. The lowest BCUT2D eigenvalue weighted by Gasteiger charge is -2.10. The highest BCUT2D eigenvalue weighted by Crippen LogP contribution is 2.20. The Balaban J connectivity index is 2.70. The number of hydrogen-bond donors (Lipinski definition) is 0. The van der Waals surface area contributed by atoms with Crippen molar-refractivity contribution in [3.8, 4) is 0 Å². The summed E-state index contributed by atoms with van der Waals surface area (Å²) in [6.45, 7) is 2.07. The van der Waals surface area contributed by atoms with E-state index >= 15 is 0 Å². The van der Waals surface area contributed by atoms with E-state index in [-0.39, 0.29) is 5.97 Å². The maximum absolute atomic E-state index is 11.2. The Labute approximate surface area is 95.4 Å². The molecule has 0 aliphatic rings. The van der Waals surface area contributed by atoms with Gasteiger partial charge < -0.3 is 9.53 Å². The fourth-order valence-corrected chi connectivity index (χ4v) is 1.55. The van der Waals surface area contributed by atoms with Crippen LogP contribution in [0.15, 0.2) is 24.3 Å². The van der Waals surface area contributed by atoms with Gasteiger partial charge in [-0.1, -0.05) is 19.1 Å². The standard InChI is InChI=1S/C13H16O3/c1-10(4-3-9-14)11-5-7-12(8-6-11)13(15)16-2/h5-10H,3-4H2,1-2H3/t10-/m1/s1. The molecule has 0 aromatic heterocycles. The summed E-state index contributed by atoms with van der Waals surface area (Å²) in [6.07, 6.45) is 2.33. The zero-order valence-corrected chi connectivity index (χ0v) is 9.60. The first-order chi connectivity index (χ1) is 7.69. The quantitative estimate of drug-likeness (QED) is 0.565. The molecule has 0 amide bonds. The fourth-order valence-electron chi connectivity index (χ4n) is 1.55. The van der Waals surface area contributed by atoms with E-state index in [0.29, 0.717) is 17.9 Å². The largest absolute Gasteiger partial charge is 0.465 e. The second-order valence-electron chi connectivity index (χ2n) is 3.76. The van der Waals surface area contributed by atoms with E-state index in [4.69, 9.17) is 0 Å². The zero-order valence-electron chi connectivity index (χ0n) is 9.60. The number of benzene rings is 1.